The molecule has 0 radical (unpaired) electrons. The number of anilines is 1. The van der Waals surface area contributed by atoms with Gasteiger partial charge in [0.1, 0.15) is 0 Å². The summed E-state index contributed by atoms with van der Waals surface area (Å²) >= 11 is 0. The molecule has 2 aromatic carbocycles. The van der Waals surface area contributed by atoms with E-state index in [-0.39, 0.29) is 47.2 Å². The molecule has 2 amide bonds. The Morgan fingerprint density at radius 1 is 1.12 bits per heavy atom. The molecule has 8 heteroatoms. The number of amides is 2. The topological polar surface area (TPSA) is 94.6 Å². The van der Waals surface area contributed by atoms with E-state index in [1.54, 1.807) is 7.05 Å². The van der Waals surface area contributed by atoms with Crippen molar-refractivity contribution < 1.29 is 9.59 Å². The molecule has 0 spiro atoms. The van der Waals surface area contributed by atoms with Crippen LogP contribution in [0.25, 0.3) is 0 Å². The monoisotopic (exact) mass is 549 g/mol. The number of nitrogens with one attached hydrogen (secondary N) is 4. The lowest BCUT2D eigenvalue weighted by molar-refractivity contribution is -0.116. The molecule has 32 heavy (non-hydrogen) atoms. The Labute approximate surface area is 206 Å². The van der Waals surface area contributed by atoms with Crippen LogP contribution in [-0.4, -0.2) is 36.9 Å². The van der Waals surface area contributed by atoms with Crippen molar-refractivity contribution in [1.29, 1.82) is 0 Å². The Morgan fingerprint density at radius 2 is 1.88 bits per heavy atom. The standard InChI is InChI=1S/C24H31N5O2.HI/c1-24(2,3)29-22(31)17-9-7-8-16(12-17)14-26-23(25-4)27-15-18-13-21(30)28-20-11-6-5-10-19(18)20;/h5-12,18H,13-15H2,1-4H3,(H,28,30)(H,29,31)(H2,25,26,27);1H. The highest BCUT2D eigenvalue weighted by Gasteiger charge is 2.24. The quantitative estimate of drug-likeness (QED) is 0.261. The molecule has 0 saturated heterocycles. The van der Waals surface area contributed by atoms with Crippen LogP contribution in [0.15, 0.2) is 53.5 Å². The minimum absolute atomic E-state index is 0. The predicted octanol–water partition coefficient (Wildman–Crippen LogP) is 3.62. The average Bonchev–Trinajstić information content (AvgIpc) is 2.72. The zero-order chi connectivity index (χ0) is 22.4. The van der Waals surface area contributed by atoms with Crippen molar-refractivity contribution in [3.8, 4) is 0 Å². The van der Waals surface area contributed by atoms with Crippen molar-refractivity contribution in [2.75, 3.05) is 18.9 Å². The van der Waals surface area contributed by atoms with Crippen LogP contribution in [0.1, 0.15) is 54.6 Å². The Hall–Kier alpha value is -2.62. The summed E-state index contributed by atoms with van der Waals surface area (Å²) in [4.78, 5) is 28.7. The van der Waals surface area contributed by atoms with Gasteiger partial charge in [-0.3, -0.25) is 14.6 Å². The molecule has 0 fully saturated rings. The Kier molecular flexibility index (Phi) is 9.06. The van der Waals surface area contributed by atoms with Gasteiger partial charge in [-0.1, -0.05) is 30.3 Å². The van der Waals surface area contributed by atoms with Crippen LogP contribution >= 0.6 is 24.0 Å². The van der Waals surface area contributed by atoms with Crippen LogP contribution in [0.5, 0.6) is 0 Å². The van der Waals surface area contributed by atoms with Crippen molar-refractivity contribution in [1.82, 2.24) is 16.0 Å². The number of hydrogen-bond acceptors (Lipinski definition) is 3. The van der Waals surface area contributed by atoms with Crippen molar-refractivity contribution in [2.45, 2.75) is 45.2 Å². The van der Waals surface area contributed by atoms with Crippen LogP contribution in [0.4, 0.5) is 5.69 Å². The number of hydrogen-bond donors (Lipinski definition) is 4. The molecule has 1 atom stereocenters. The second-order valence-electron chi connectivity index (χ2n) is 8.75. The molecule has 1 unspecified atom stereocenters. The maximum Gasteiger partial charge on any atom is 0.251 e. The molecule has 0 aliphatic carbocycles. The van der Waals surface area contributed by atoms with E-state index in [1.807, 2.05) is 69.3 Å². The summed E-state index contributed by atoms with van der Waals surface area (Å²) in [5.41, 5.74) is 3.32. The van der Waals surface area contributed by atoms with E-state index in [2.05, 4.69) is 26.3 Å². The van der Waals surface area contributed by atoms with Crippen molar-refractivity contribution in [3.05, 3.63) is 65.2 Å². The number of guanidine groups is 1. The number of nitrogens with zero attached hydrogens (tertiary/aromatic N) is 1. The summed E-state index contributed by atoms with van der Waals surface area (Å²) in [7, 11) is 1.71. The second-order valence-corrected chi connectivity index (χ2v) is 8.75. The van der Waals surface area contributed by atoms with Gasteiger partial charge in [0.15, 0.2) is 5.96 Å². The van der Waals surface area contributed by atoms with Gasteiger partial charge in [-0.25, -0.2) is 0 Å². The number of halogens is 1. The van der Waals surface area contributed by atoms with Gasteiger partial charge in [-0.15, -0.1) is 24.0 Å². The molecular formula is C24H32IN5O2. The highest BCUT2D eigenvalue weighted by molar-refractivity contribution is 14.0. The number of rotatable bonds is 5. The maximum absolute atomic E-state index is 12.4. The normalized spacial score (nSPS) is 15.7. The molecule has 4 N–H and O–H groups in total. The summed E-state index contributed by atoms with van der Waals surface area (Å²) in [5, 5.41) is 12.5. The van der Waals surface area contributed by atoms with Crippen LogP contribution in [0.3, 0.4) is 0 Å². The van der Waals surface area contributed by atoms with Crippen molar-refractivity contribution in [2.24, 2.45) is 4.99 Å². The first kappa shape index (κ1) is 25.6. The van der Waals surface area contributed by atoms with E-state index >= 15 is 0 Å². The van der Waals surface area contributed by atoms with Gasteiger partial charge in [-0.2, -0.15) is 0 Å². The Bertz CT molecular complexity index is 984. The molecule has 172 valence electrons. The molecular weight excluding hydrogens is 517 g/mol. The number of carbonyl (C=O) groups is 2. The summed E-state index contributed by atoms with van der Waals surface area (Å²) < 4.78 is 0. The average molecular weight is 549 g/mol. The van der Waals surface area contributed by atoms with E-state index in [1.165, 1.54) is 0 Å². The summed E-state index contributed by atoms with van der Waals surface area (Å²) in [5.74, 6) is 0.658. The van der Waals surface area contributed by atoms with E-state index in [0.717, 1.165) is 16.8 Å². The molecule has 1 aliphatic heterocycles. The third kappa shape index (κ3) is 7.22. The molecule has 2 aromatic rings. The van der Waals surface area contributed by atoms with Crippen molar-refractivity contribution >= 4 is 47.4 Å². The van der Waals surface area contributed by atoms with Gasteiger partial charge in [0.05, 0.1) is 0 Å². The Morgan fingerprint density at radius 3 is 2.59 bits per heavy atom. The minimum Gasteiger partial charge on any atom is -0.356 e. The number of benzene rings is 2. The summed E-state index contributed by atoms with van der Waals surface area (Å²) in [6, 6.07) is 15.4. The largest absolute Gasteiger partial charge is 0.356 e. The number of fused-ring (bicyclic) bond motifs is 1. The number of para-hydroxylation sites is 1. The van der Waals surface area contributed by atoms with Gasteiger partial charge in [-0.05, 0) is 50.1 Å². The predicted molar refractivity (Wildman–Crippen MR) is 140 cm³/mol. The third-order valence-corrected chi connectivity index (χ3v) is 4.98. The molecule has 1 heterocycles. The molecule has 0 bridgehead atoms. The van der Waals surface area contributed by atoms with Gasteiger partial charge in [0.2, 0.25) is 5.91 Å². The van der Waals surface area contributed by atoms with Gasteiger partial charge >= 0.3 is 0 Å². The fraction of sp³-hybridized carbons (Fsp3) is 0.375. The minimum atomic E-state index is -0.286. The maximum atomic E-state index is 12.4. The molecule has 0 aromatic heterocycles. The van der Waals surface area contributed by atoms with Gasteiger partial charge in [0.25, 0.3) is 5.91 Å². The highest BCUT2D eigenvalue weighted by atomic mass is 127. The third-order valence-electron chi connectivity index (χ3n) is 4.98. The number of carbonyl (C=O) groups excluding carboxylic acids is 2. The zero-order valence-corrected chi connectivity index (χ0v) is 21.3. The van der Waals surface area contributed by atoms with Crippen LogP contribution in [0, 0.1) is 0 Å². The van der Waals surface area contributed by atoms with E-state index in [4.69, 9.17) is 0 Å². The lowest BCUT2D eigenvalue weighted by atomic mass is 9.90. The molecule has 0 saturated carbocycles. The highest BCUT2D eigenvalue weighted by Crippen LogP contribution is 2.31. The fourth-order valence-electron chi connectivity index (χ4n) is 3.55. The van der Waals surface area contributed by atoms with E-state index in [9.17, 15) is 9.59 Å². The lowest BCUT2D eigenvalue weighted by Gasteiger charge is -2.26. The molecule has 3 rings (SSSR count). The molecule has 1 aliphatic rings. The summed E-state index contributed by atoms with van der Waals surface area (Å²) in [6.45, 7) is 7.00. The van der Waals surface area contributed by atoms with Crippen LogP contribution in [-0.2, 0) is 11.3 Å². The van der Waals surface area contributed by atoms with Crippen LogP contribution in [0.2, 0.25) is 0 Å². The number of aliphatic imine (C=N–C) groups is 1. The van der Waals surface area contributed by atoms with E-state index < -0.39 is 0 Å². The fourth-order valence-corrected chi connectivity index (χ4v) is 3.55. The SMILES string of the molecule is CN=C(NCc1cccc(C(=O)NC(C)(C)C)c1)NCC1CC(=O)Nc2ccccc21.I. The second kappa shape index (κ2) is 11.3. The van der Waals surface area contributed by atoms with Crippen molar-refractivity contribution in [3.63, 3.8) is 0 Å². The van der Waals surface area contributed by atoms with Gasteiger partial charge < -0.3 is 21.3 Å². The van der Waals surface area contributed by atoms with Crippen LogP contribution < -0.4 is 21.3 Å². The molecule has 7 nitrogen and oxygen atoms in total. The first-order valence-electron chi connectivity index (χ1n) is 10.5. The first-order chi connectivity index (χ1) is 14.7. The van der Waals surface area contributed by atoms with E-state index in [0.29, 0.717) is 31.0 Å². The van der Waals surface area contributed by atoms with Gasteiger partial charge in [0, 0.05) is 49.3 Å². The lowest BCUT2D eigenvalue weighted by Crippen LogP contribution is -2.41. The summed E-state index contributed by atoms with van der Waals surface area (Å²) in [6.07, 6.45) is 0.436. The smallest absolute Gasteiger partial charge is 0.251 e. The first-order valence-corrected chi connectivity index (χ1v) is 10.5. The zero-order valence-electron chi connectivity index (χ0n) is 19.0. The Balaban J connectivity index is 0.00000363.